The summed E-state index contributed by atoms with van der Waals surface area (Å²) in [4.78, 5) is 14.7. The molecule has 2 aromatic rings. The van der Waals surface area contributed by atoms with Crippen LogP contribution >= 0.6 is 0 Å². The van der Waals surface area contributed by atoms with Gasteiger partial charge in [-0.2, -0.15) is 4.31 Å². The molecule has 0 aromatic heterocycles. The zero-order chi connectivity index (χ0) is 18.7. The van der Waals surface area contributed by atoms with Crippen molar-refractivity contribution in [1.29, 1.82) is 0 Å². The fourth-order valence-electron chi connectivity index (χ4n) is 3.27. The van der Waals surface area contributed by atoms with Crippen molar-refractivity contribution in [1.82, 2.24) is 9.21 Å². The largest absolute Gasteiger partial charge is 0.293 e. The van der Waals surface area contributed by atoms with Gasteiger partial charge in [-0.05, 0) is 25.5 Å². The maximum atomic E-state index is 12.9. The van der Waals surface area contributed by atoms with E-state index >= 15 is 0 Å². The average Bonchev–Trinajstić information content (AvgIpc) is 2.62. The molecule has 26 heavy (non-hydrogen) atoms. The maximum absolute atomic E-state index is 12.9. The maximum Gasteiger partial charge on any atom is 0.243 e. The Bertz CT molecular complexity index is 887. The molecular formula is C20H24N2O3S. The quantitative estimate of drug-likeness (QED) is 0.757. The van der Waals surface area contributed by atoms with Gasteiger partial charge in [0.1, 0.15) is 0 Å². The number of ketones is 1. The summed E-state index contributed by atoms with van der Waals surface area (Å²) in [5.74, 6) is 0.0660. The molecule has 138 valence electrons. The lowest BCUT2D eigenvalue weighted by Crippen LogP contribution is -2.49. The van der Waals surface area contributed by atoms with Crippen LogP contribution in [0.4, 0.5) is 0 Å². The van der Waals surface area contributed by atoms with E-state index in [-0.39, 0.29) is 5.78 Å². The van der Waals surface area contributed by atoms with Gasteiger partial charge in [-0.25, -0.2) is 8.42 Å². The molecular weight excluding hydrogens is 348 g/mol. The number of nitrogens with zero attached hydrogens (tertiary/aromatic N) is 2. The Balaban J connectivity index is 1.63. The molecule has 6 heteroatoms. The number of piperazine rings is 1. The minimum Gasteiger partial charge on any atom is -0.293 e. The molecule has 0 bridgehead atoms. The third-order valence-electron chi connectivity index (χ3n) is 4.74. The summed E-state index contributed by atoms with van der Waals surface area (Å²) in [5, 5.41) is 0. The third kappa shape index (κ3) is 4.03. The first-order chi connectivity index (χ1) is 12.4. The van der Waals surface area contributed by atoms with Crippen molar-refractivity contribution in [2.45, 2.75) is 18.7 Å². The Morgan fingerprint density at radius 1 is 0.962 bits per heavy atom. The van der Waals surface area contributed by atoms with Gasteiger partial charge in [0.15, 0.2) is 5.78 Å². The van der Waals surface area contributed by atoms with E-state index in [9.17, 15) is 13.2 Å². The number of hydrogen-bond donors (Lipinski definition) is 0. The summed E-state index contributed by atoms with van der Waals surface area (Å²) >= 11 is 0. The van der Waals surface area contributed by atoms with Gasteiger partial charge in [-0.1, -0.05) is 48.0 Å². The Kier molecular flexibility index (Phi) is 5.55. The van der Waals surface area contributed by atoms with Crippen molar-refractivity contribution in [3.05, 3.63) is 65.2 Å². The first-order valence-electron chi connectivity index (χ1n) is 8.76. The normalized spacial score (nSPS) is 16.5. The second-order valence-electron chi connectivity index (χ2n) is 6.74. The lowest BCUT2D eigenvalue weighted by Gasteiger charge is -2.33. The third-order valence-corrected chi connectivity index (χ3v) is 6.80. The molecule has 1 saturated heterocycles. The van der Waals surface area contributed by atoms with Crippen LogP contribution in [0, 0.1) is 13.8 Å². The van der Waals surface area contributed by atoms with Crippen LogP contribution in [0.25, 0.3) is 0 Å². The van der Waals surface area contributed by atoms with E-state index in [4.69, 9.17) is 0 Å². The zero-order valence-electron chi connectivity index (χ0n) is 15.2. The second-order valence-corrected chi connectivity index (χ2v) is 8.64. The minimum absolute atomic E-state index is 0.0660. The molecule has 2 aromatic carbocycles. The van der Waals surface area contributed by atoms with E-state index in [2.05, 4.69) is 0 Å². The van der Waals surface area contributed by atoms with Gasteiger partial charge in [0, 0.05) is 31.7 Å². The van der Waals surface area contributed by atoms with Crippen molar-refractivity contribution < 1.29 is 13.2 Å². The van der Waals surface area contributed by atoms with Crippen molar-refractivity contribution in [2.24, 2.45) is 0 Å². The average molecular weight is 372 g/mol. The molecule has 0 amide bonds. The van der Waals surface area contributed by atoms with Gasteiger partial charge >= 0.3 is 0 Å². The molecule has 0 unspecified atom stereocenters. The molecule has 5 nitrogen and oxygen atoms in total. The van der Waals surface area contributed by atoms with E-state index in [0.29, 0.717) is 43.2 Å². The Morgan fingerprint density at radius 3 is 2.23 bits per heavy atom. The molecule has 0 atom stereocenters. The summed E-state index contributed by atoms with van der Waals surface area (Å²) in [5.41, 5.74) is 2.51. The van der Waals surface area contributed by atoms with Gasteiger partial charge < -0.3 is 0 Å². The van der Waals surface area contributed by atoms with Crippen LogP contribution in [-0.4, -0.2) is 56.1 Å². The number of Topliss-reactive ketones (excluding diaryl/α,β-unsaturated/α-hetero) is 1. The summed E-state index contributed by atoms with van der Waals surface area (Å²) in [6.07, 6.45) is 0. The number of hydrogen-bond acceptors (Lipinski definition) is 4. The van der Waals surface area contributed by atoms with Crippen LogP contribution in [0.5, 0.6) is 0 Å². The fourth-order valence-corrected chi connectivity index (χ4v) is 4.90. The lowest BCUT2D eigenvalue weighted by molar-refractivity contribution is 0.0901. The van der Waals surface area contributed by atoms with E-state index in [1.165, 1.54) is 4.31 Å². The van der Waals surface area contributed by atoms with Gasteiger partial charge in [0.25, 0.3) is 0 Å². The number of benzene rings is 2. The summed E-state index contributed by atoms with van der Waals surface area (Å²) in [6.45, 7) is 6.02. The van der Waals surface area contributed by atoms with E-state index < -0.39 is 10.0 Å². The smallest absolute Gasteiger partial charge is 0.243 e. The number of carbonyl (C=O) groups is 1. The van der Waals surface area contributed by atoms with Crippen LogP contribution < -0.4 is 0 Å². The summed E-state index contributed by atoms with van der Waals surface area (Å²) in [6, 6.07) is 14.6. The van der Waals surface area contributed by atoms with Crippen LogP contribution in [0.3, 0.4) is 0 Å². The molecule has 0 saturated carbocycles. The molecule has 0 aliphatic carbocycles. The summed E-state index contributed by atoms with van der Waals surface area (Å²) in [7, 11) is -3.49. The first kappa shape index (κ1) is 18.8. The second kappa shape index (κ2) is 7.70. The molecule has 0 N–H and O–H groups in total. The molecule has 1 aliphatic heterocycles. The van der Waals surface area contributed by atoms with Gasteiger partial charge in [-0.15, -0.1) is 0 Å². The molecule has 0 radical (unpaired) electrons. The van der Waals surface area contributed by atoms with Gasteiger partial charge in [0.05, 0.1) is 11.4 Å². The van der Waals surface area contributed by atoms with Crippen LogP contribution in [0.1, 0.15) is 21.5 Å². The highest BCUT2D eigenvalue weighted by Crippen LogP contribution is 2.22. The Morgan fingerprint density at radius 2 is 1.62 bits per heavy atom. The fraction of sp³-hybridized carbons (Fsp3) is 0.350. The molecule has 3 rings (SSSR count). The zero-order valence-corrected chi connectivity index (χ0v) is 16.0. The predicted octanol–water partition coefficient (Wildman–Crippen LogP) is 2.49. The number of aryl methyl sites for hydroxylation is 2. The standard InChI is InChI=1S/C20H24N2O3S/c1-16-8-9-20(17(2)14-16)26(24,25)22-12-10-21(11-13-22)15-19(23)18-6-4-3-5-7-18/h3-9,14H,10-13,15H2,1-2H3. The van der Waals surface area contributed by atoms with Crippen molar-refractivity contribution in [3.63, 3.8) is 0 Å². The van der Waals surface area contributed by atoms with E-state index in [1.54, 1.807) is 6.07 Å². The van der Waals surface area contributed by atoms with Crippen molar-refractivity contribution >= 4 is 15.8 Å². The number of carbonyl (C=O) groups excluding carboxylic acids is 1. The topological polar surface area (TPSA) is 57.7 Å². The number of rotatable bonds is 5. The predicted molar refractivity (Wildman–Crippen MR) is 102 cm³/mol. The highest BCUT2D eigenvalue weighted by Gasteiger charge is 2.30. The van der Waals surface area contributed by atoms with Gasteiger partial charge in [0.2, 0.25) is 10.0 Å². The van der Waals surface area contributed by atoms with E-state index in [1.807, 2.05) is 61.2 Å². The SMILES string of the molecule is Cc1ccc(S(=O)(=O)N2CCN(CC(=O)c3ccccc3)CC2)c(C)c1. The van der Waals surface area contributed by atoms with Crippen molar-refractivity contribution in [2.75, 3.05) is 32.7 Å². The summed E-state index contributed by atoms with van der Waals surface area (Å²) < 4.78 is 27.3. The van der Waals surface area contributed by atoms with E-state index in [0.717, 1.165) is 11.1 Å². The Hall–Kier alpha value is -2.02. The van der Waals surface area contributed by atoms with Gasteiger partial charge in [-0.3, -0.25) is 9.69 Å². The minimum atomic E-state index is -3.49. The molecule has 1 heterocycles. The highest BCUT2D eigenvalue weighted by atomic mass is 32.2. The molecule has 0 spiro atoms. The lowest BCUT2D eigenvalue weighted by atomic mass is 10.1. The molecule has 1 fully saturated rings. The number of sulfonamides is 1. The highest BCUT2D eigenvalue weighted by molar-refractivity contribution is 7.89. The van der Waals surface area contributed by atoms with Crippen molar-refractivity contribution in [3.8, 4) is 0 Å². The first-order valence-corrected chi connectivity index (χ1v) is 10.2. The van der Waals surface area contributed by atoms with Crippen LogP contribution in [0.2, 0.25) is 0 Å². The monoisotopic (exact) mass is 372 g/mol. The molecule has 1 aliphatic rings. The van der Waals surface area contributed by atoms with Crippen LogP contribution in [-0.2, 0) is 10.0 Å². The van der Waals surface area contributed by atoms with Crippen LogP contribution in [0.15, 0.2) is 53.4 Å². The Labute approximate surface area is 155 Å².